The molecule has 0 aliphatic heterocycles. The SMILES string of the molecule is CC(Cl)[C@H]1[C@@H]2CC[C@H]1C1=C2C(=O)CCC1. The predicted octanol–water partition coefficient (Wildman–Crippen LogP) is 3.32. The summed E-state index contributed by atoms with van der Waals surface area (Å²) in [5.74, 6) is 2.18. The lowest BCUT2D eigenvalue weighted by molar-refractivity contribution is -0.116. The highest BCUT2D eigenvalue weighted by Gasteiger charge is 2.51. The van der Waals surface area contributed by atoms with Gasteiger partial charge in [0, 0.05) is 11.8 Å². The molecule has 1 unspecified atom stereocenters. The predicted molar refractivity (Wildman–Crippen MR) is 60.9 cm³/mol. The summed E-state index contributed by atoms with van der Waals surface area (Å²) in [6.07, 6.45) is 5.51. The van der Waals surface area contributed by atoms with Gasteiger partial charge in [0.15, 0.2) is 5.78 Å². The molecule has 82 valence electrons. The summed E-state index contributed by atoms with van der Waals surface area (Å²) in [4.78, 5) is 11.9. The zero-order valence-corrected chi connectivity index (χ0v) is 9.89. The van der Waals surface area contributed by atoms with Crippen molar-refractivity contribution in [2.75, 3.05) is 0 Å². The van der Waals surface area contributed by atoms with Crippen LogP contribution in [-0.2, 0) is 4.79 Å². The molecule has 2 bridgehead atoms. The molecule has 0 heterocycles. The number of hydrogen-bond donors (Lipinski definition) is 0. The fraction of sp³-hybridized carbons (Fsp3) is 0.769. The Morgan fingerprint density at radius 3 is 2.67 bits per heavy atom. The average molecular weight is 225 g/mol. The van der Waals surface area contributed by atoms with E-state index in [0.717, 1.165) is 12.8 Å². The van der Waals surface area contributed by atoms with Gasteiger partial charge in [-0.05, 0) is 55.9 Å². The van der Waals surface area contributed by atoms with E-state index in [0.29, 0.717) is 23.5 Å². The third-order valence-electron chi connectivity index (χ3n) is 4.56. The minimum atomic E-state index is 0.223. The number of allylic oxidation sites excluding steroid dienone is 2. The van der Waals surface area contributed by atoms with Crippen molar-refractivity contribution >= 4 is 17.4 Å². The average Bonchev–Trinajstić information content (AvgIpc) is 2.73. The zero-order chi connectivity index (χ0) is 10.6. The second-order valence-electron chi connectivity index (χ2n) is 5.26. The van der Waals surface area contributed by atoms with Crippen LogP contribution < -0.4 is 0 Å². The van der Waals surface area contributed by atoms with Crippen LogP contribution in [0.2, 0.25) is 0 Å². The van der Waals surface area contributed by atoms with Gasteiger partial charge in [0.25, 0.3) is 0 Å². The molecule has 3 rings (SSSR count). The van der Waals surface area contributed by atoms with Crippen molar-refractivity contribution in [3.05, 3.63) is 11.1 Å². The molecule has 0 aromatic rings. The summed E-state index contributed by atoms with van der Waals surface area (Å²) in [7, 11) is 0. The van der Waals surface area contributed by atoms with E-state index in [4.69, 9.17) is 11.6 Å². The third-order valence-corrected chi connectivity index (χ3v) is 4.85. The first-order valence-electron chi connectivity index (χ1n) is 6.10. The topological polar surface area (TPSA) is 17.1 Å². The summed E-state index contributed by atoms with van der Waals surface area (Å²) in [5, 5.41) is 0.223. The number of fused-ring (bicyclic) bond motifs is 4. The Bertz CT molecular complexity index is 342. The molecule has 0 aromatic carbocycles. The van der Waals surface area contributed by atoms with Gasteiger partial charge in [-0.3, -0.25) is 4.79 Å². The standard InChI is InChI=1S/C13H17ClO/c1-7(14)12-9-5-6-10(12)13-8(9)3-2-4-11(13)15/h7,9-10,12H,2-6H2,1H3/t7?,9-,10-,12+/m0/s1. The van der Waals surface area contributed by atoms with Crippen molar-refractivity contribution in [2.45, 2.75) is 44.4 Å². The van der Waals surface area contributed by atoms with Gasteiger partial charge < -0.3 is 0 Å². The Morgan fingerprint density at radius 2 is 2.00 bits per heavy atom. The first-order chi connectivity index (χ1) is 7.20. The lowest BCUT2D eigenvalue weighted by Gasteiger charge is -2.22. The van der Waals surface area contributed by atoms with E-state index < -0.39 is 0 Å². The Morgan fingerprint density at radius 1 is 1.27 bits per heavy atom. The van der Waals surface area contributed by atoms with Crippen LogP contribution in [-0.4, -0.2) is 11.2 Å². The van der Waals surface area contributed by atoms with E-state index in [9.17, 15) is 4.79 Å². The molecular formula is C13H17ClO. The highest BCUT2D eigenvalue weighted by molar-refractivity contribution is 6.20. The molecule has 0 spiro atoms. The van der Waals surface area contributed by atoms with Crippen molar-refractivity contribution in [3.8, 4) is 0 Å². The smallest absolute Gasteiger partial charge is 0.159 e. The van der Waals surface area contributed by atoms with Gasteiger partial charge in [-0.2, -0.15) is 0 Å². The fourth-order valence-electron chi connectivity index (χ4n) is 4.13. The Labute approximate surface area is 95.9 Å². The van der Waals surface area contributed by atoms with Gasteiger partial charge in [0.1, 0.15) is 0 Å². The molecule has 4 atom stereocenters. The van der Waals surface area contributed by atoms with Crippen molar-refractivity contribution in [1.29, 1.82) is 0 Å². The number of carbonyl (C=O) groups is 1. The summed E-state index contributed by atoms with van der Waals surface area (Å²) < 4.78 is 0. The van der Waals surface area contributed by atoms with E-state index in [-0.39, 0.29) is 5.38 Å². The van der Waals surface area contributed by atoms with Crippen LogP contribution in [0.3, 0.4) is 0 Å². The quantitative estimate of drug-likeness (QED) is 0.625. The van der Waals surface area contributed by atoms with E-state index in [2.05, 4.69) is 6.92 Å². The molecule has 0 amide bonds. The number of carbonyl (C=O) groups excluding carboxylic acids is 1. The second kappa shape index (κ2) is 3.35. The van der Waals surface area contributed by atoms with Crippen LogP contribution in [0.15, 0.2) is 11.1 Å². The van der Waals surface area contributed by atoms with Crippen LogP contribution in [0.1, 0.15) is 39.0 Å². The van der Waals surface area contributed by atoms with Crippen molar-refractivity contribution in [2.24, 2.45) is 17.8 Å². The minimum absolute atomic E-state index is 0.223. The molecule has 0 saturated heterocycles. The van der Waals surface area contributed by atoms with E-state index in [1.54, 1.807) is 0 Å². The van der Waals surface area contributed by atoms with E-state index in [1.807, 2.05) is 0 Å². The molecule has 3 aliphatic rings. The molecule has 3 aliphatic carbocycles. The van der Waals surface area contributed by atoms with Gasteiger partial charge in [0.2, 0.25) is 0 Å². The number of alkyl halides is 1. The first kappa shape index (κ1) is 9.89. The van der Waals surface area contributed by atoms with Crippen LogP contribution in [0.4, 0.5) is 0 Å². The number of Topliss-reactive ketones (excluding diaryl/α,β-unsaturated/α-hetero) is 1. The lowest BCUT2D eigenvalue weighted by Crippen LogP contribution is -2.20. The Hall–Kier alpha value is -0.300. The van der Waals surface area contributed by atoms with Crippen molar-refractivity contribution < 1.29 is 4.79 Å². The zero-order valence-electron chi connectivity index (χ0n) is 9.13. The minimum Gasteiger partial charge on any atom is -0.295 e. The highest BCUT2D eigenvalue weighted by atomic mass is 35.5. The van der Waals surface area contributed by atoms with E-state index in [1.165, 1.54) is 30.4 Å². The summed E-state index contributed by atoms with van der Waals surface area (Å²) in [6, 6.07) is 0. The number of ketones is 1. The van der Waals surface area contributed by atoms with Crippen LogP contribution in [0, 0.1) is 17.8 Å². The number of hydrogen-bond acceptors (Lipinski definition) is 1. The van der Waals surface area contributed by atoms with Crippen molar-refractivity contribution in [1.82, 2.24) is 0 Å². The van der Waals surface area contributed by atoms with Crippen molar-refractivity contribution in [3.63, 3.8) is 0 Å². The van der Waals surface area contributed by atoms with Gasteiger partial charge in [-0.25, -0.2) is 0 Å². The van der Waals surface area contributed by atoms with Gasteiger partial charge in [-0.1, -0.05) is 5.57 Å². The molecule has 1 saturated carbocycles. The van der Waals surface area contributed by atoms with E-state index >= 15 is 0 Å². The third kappa shape index (κ3) is 1.25. The molecule has 0 aromatic heterocycles. The highest BCUT2D eigenvalue weighted by Crippen LogP contribution is 2.57. The molecule has 1 fully saturated rings. The van der Waals surface area contributed by atoms with Crippen LogP contribution in [0.25, 0.3) is 0 Å². The Kier molecular flexibility index (Phi) is 2.21. The van der Waals surface area contributed by atoms with Gasteiger partial charge in [-0.15, -0.1) is 11.6 Å². The molecule has 1 nitrogen and oxygen atoms in total. The largest absolute Gasteiger partial charge is 0.295 e. The maximum atomic E-state index is 11.9. The summed E-state index contributed by atoms with van der Waals surface area (Å²) >= 11 is 6.29. The first-order valence-corrected chi connectivity index (χ1v) is 6.54. The molecular weight excluding hydrogens is 208 g/mol. The molecule has 0 N–H and O–H groups in total. The van der Waals surface area contributed by atoms with Gasteiger partial charge in [0.05, 0.1) is 0 Å². The van der Waals surface area contributed by atoms with Crippen LogP contribution in [0.5, 0.6) is 0 Å². The monoisotopic (exact) mass is 224 g/mol. The Balaban J connectivity index is 2.00. The number of rotatable bonds is 1. The van der Waals surface area contributed by atoms with Gasteiger partial charge >= 0.3 is 0 Å². The van der Waals surface area contributed by atoms with Crippen LogP contribution >= 0.6 is 11.6 Å². The fourth-order valence-corrected chi connectivity index (χ4v) is 4.48. The molecule has 0 radical (unpaired) electrons. The lowest BCUT2D eigenvalue weighted by atomic mass is 9.81. The normalized spacial score (nSPS) is 40.9. The second-order valence-corrected chi connectivity index (χ2v) is 5.95. The maximum Gasteiger partial charge on any atom is 0.159 e. The number of halogens is 1. The summed E-state index contributed by atoms with van der Waals surface area (Å²) in [6.45, 7) is 2.10. The molecule has 2 heteroatoms. The maximum absolute atomic E-state index is 11.9. The molecule has 15 heavy (non-hydrogen) atoms. The summed E-state index contributed by atoms with van der Waals surface area (Å²) in [5.41, 5.74) is 2.72.